The van der Waals surface area contributed by atoms with Crippen molar-refractivity contribution in [1.82, 2.24) is 0 Å². The highest BCUT2D eigenvalue weighted by molar-refractivity contribution is 9.10. The number of rotatable bonds is 5. The molecule has 106 valence electrons. The Labute approximate surface area is 129 Å². The van der Waals surface area contributed by atoms with Gasteiger partial charge in [0.15, 0.2) is 0 Å². The highest BCUT2D eigenvalue weighted by Crippen LogP contribution is 2.48. The van der Waals surface area contributed by atoms with Crippen LogP contribution in [0.3, 0.4) is 0 Å². The first-order valence-electron chi connectivity index (χ1n) is 6.26. The summed E-state index contributed by atoms with van der Waals surface area (Å²) in [5.41, 5.74) is -0.256. The van der Waals surface area contributed by atoms with Crippen LogP contribution < -0.4 is 0 Å². The maximum absolute atomic E-state index is 11.0. The lowest BCUT2D eigenvalue weighted by atomic mass is 9.77. The van der Waals surface area contributed by atoms with Gasteiger partial charge in [0.25, 0.3) is 0 Å². The minimum Gasteiger partial charge on any atom is -0.481 e. The normalized spacial score (nSPS) is 19.5. The highest BCUT2D eigenvalue weighted by atomic mass is 79.9. The fraction of sp³-hybridized carbons (Fsp3) is 0.615. The maximum atomic E-state index is 11.0. The standard InChI is InChI=1S/C13H16BrClO3S/c14-8-5-10(19-12(8)15)9(16)6-13(7-11(17)18)3-1-2-4-13/h5,9,16H,1-4,6-7H2,(H,17,18). The predicted molar refractivity (Wildman–Crippen MR) is 79.8 cm³/mol. The van der Waals surface area contributed by atoms with Crippen LogP contribution in [0.1, 0.15) is 49.5 Å². The molecule has 0 bridgehead atoms. The third-order valence-electron chi connectivity index (χ3n) is 3.81. The number of aliphatic hydroxyl groups excluding tert-OH is 1. The quantitative estimate of drug-likeness (QED) is 0.798. The van der Waals surface area contributed by atoms with E-state index in [1.165, 1.54) is 11.3 Å². The van der Waals surface area contributed by atoms with Crippen molar-refractivity contribution in [3.8, 4) is 0 Å². The van der Waals surface area contributed by atoms with Crippen molar-refractivity contribution in [2.45, 2.75) is 44.6 Å². The van der Waals surface area contributed by atoms with E-state index >= 15 is 0 Å². The molecule has 0 aliphatic heterocycles. The van der Waals surface area contributed by atoms with Crippen molar-refractivity contribution < 1.29 is 15.0 Å². The van der Waals surface area contributed by atoms with Crippen LogP contribution in [-0.2, 0) is 4.79 Å². The molecule has 2 rings (SSSR count). The van der Waals surface area contributed by atoms with E-state index in [4.69, 9.17) is 16.7 Å². The van der Waals surface area contributed by atoms with Crippen molar-refractivity contribution in [3.63, 3.8) is 0 Å². The van der Waals surface area contributed by atoms with Gasteiger partial charge in [-0.25, -0.2) is 0 Å². The zero-order valence-electron chi connectivity index (χ0n) is 10.4. The first kappa shape index (κ1) is 15.3. The minimum absolute atomic E-state index is 0.143. The molecule has 0 amide bonds. The Kier molecular flexibility index (Phi) is 4.93. The molecule has 2 N–H and O–H groups in total. The molecular weight excluding hydrogens is 352 g/mol. The van der Waals surface area contributed by atoms with Crippen LogP contribution in [0.15, 0.2) is 10.5 Å². The van der Waals surface area contributed by atoms with E-state index in [2.05, 4.69) is 15.9 Å². The van der Waals surface area contributed by atoms with Gasteiger partial charge in [0.2, 0.25) is 0 Å². The molecule has 0 spiro atoms. The average Bonchev–Trinajstić information content (AvgIpc) is 2.87. The first-order chi connectivity index (χ1) is 8.92. The van der Waals surface area contributed by atoms with E-state index in [1.54, 1.807) is 0 Å². The van der Waals surface area contributed by atoms with Gasteiger partial charge in [-0.1, -0.05) is 24.4 Å². The molecule has 1 unspecified atom stereocenters. The number of thiophene rings is 1. The molecule has 1 heterocycles. The number of aliphatic hydroxyl groups is 1. The topological polar surface area (TPSA) is 57.5 Å². The molecule has 1 saturated carbocycles. The number of halogens is 2. The first-order valence-corrected chi connectivity index (χ1v) is 8.25. The number of hydrogen-bond donors (Lipinski definition) is 2. The Morgan fingerprint density at radius 2 is 2.16 bits per heavy atom. The third-order valence-corrected chi connectivity index (χ3v) is 6.39. The highest BCUT2D eigenvalue weighted by Gasteiger charge is 2.38. The second kappa shape index (κ2) is 6.12. The van der Waals surface area contributed by atoms with E-state index in [0.717, 1.165) is 35.0 Å². The van der Waals surface area contributed by atoms with Crippen LogP contribution in [0, 0.1) is 5.41 Å². The molecule has 6 heteroatoms. The molecular formula is C13H16BrClO3S. The van der Waals surface area contributed by atoms with Crippen LogP contribution in [0.25, 0.3) is 0 Å². The van der Waals surface area contributed by atoms with E-state index in [1.807, 2.05) is 6.07 Å². The molecule has 1 aromatic rings. The Hall–Kier alpha value is -0.100. The summed E-state index contributed by atoms with van der Waals surface area (Å²) in [6, 6.07) is 1.82. The fourth-order valence-electron chi connectivity index (χ4n) is 2.94. The Balaban J connectivity index is 2.10. The summed E-state index contributed by atoms with van der Waals surface area (Å²) in [6.45, 7) is 0. The van der Waals surface area contributed by atoms with Crippen molar-refractivity contribution in [3.05, 3.63) is 19.8 Å². The van der Waals surface area contributed by atoms with Crippen molar-refractivity contribution in [2.75, 3.05) is 0 Å². The van der Waals surface area contributed by atoms with E-state index in [9.17, 15) is 9.90 Å². The monoisotopic (exact) mass is 366 g/mol. The number of carbonyl (C=O) groups is 1. The van der Waals surface area contributed by atoms with Crippen LogP contribution >= 0.6 is 38.9 Å². The molecule has 0 aromatic carbocycles. The molecule has 1 aliphatic rings. The molecule has 19 heavy (non-hydrogen) atoms. The second-order valence-electron chi connectivity index (χ2n) is 5.27. The van der Waals surface area contributed by atoms with Crippen LogP contribution in [0.2, 0.25) is 4.34 Å². The fourth-order valence-corrected chi connectivity index (χ4v) is 4.66. The SMILES string of the molecule is O=C(O)CC1(CC(O)c2cc(Br)c(Cl)s2)CCCC1. The zero-order valence-corrected chi connectivity index (χ0v) is 13.5. The number of carboxylic acid groups (broad SMARTS) is 1. The maximum Gasteiger partial charge on any atom is 0.303 e. The predicted octanol–water partition coefficient (Wildman–Crippen LogP) is 4.62. The summed E-state index contributed by atoms with van der Waals surface area (Å²) in [6.07, 6.45) is 3.88. The molecule has 1 aromatic heterocycles. The summed E-state index contributed by atoms with van der Waals surface area (Å²) < 4.78 is 1.40. The molecule has 3 nitrogen and oxygen atoms in total. The van der Waals surface area contributed by atoms with Gasteiger partial charge in [-0.2, -0.15) is 0 Å². The Morgan fingerprint density at radius 3 is 2.63 bits per heavy atom. The number of carboxylic acids is 1. The summed E-state index contributed by atoms with van der Waals surface area (Å²) in [7, 11) is 0. The van der Waals surface area contributed by atoms with Gasteiger partial charge in [0, 0.05) is 9.35 Å². The van der Waals surface area contributed by atoms with Crippen LogP contribution in [-0.4, -0.2) is 16.2 Å². The summed E-state index contributed by atoms with van der Waals surface area (Å²) in [5.74, 6) is -0.778. The average molecular weight is 368 g/mol. The van der Waals surface area contributed by atoms with Crippen LogP contribution in [0.4, 0.5) is 0 Å². The van der Waals surface area contributed by atoms with Gasteiger partial charge in [-0.05, 0) is 46.7 Å². The smallest absolute Gasteiger partial charge is 0.303 e. The Morgan fingerprint density at radius 1 is 1.53 bits per heavy atom. The van der Waals surface area contributed by atoms with E-state index < -0.39 is 12.1 Å². The summed E-state index contributed by atoms with van der Waals surface area (Å²) in [5, 5.41) is 19.4. The third kappa shape index (κ3) is 3.72. The van der Waals surface area contributed by atoms with Crippen molar-refractivity contribution >= 4 is 44.8 Å². The lowest BCUT2D eigenvalue weighted by molar-refractivity contribution is -0.140. The lowest BCUT2D eigenvalue weighted by Gasteiger charge is -2.29. The zero-order chi connectivity index (χ0) is 14.0. The summed E-state index contributed by atoms with van der Waals surface area (Å²) >= 11 is 10.6. The van der Waals surface area contributed by atoms with Gasteiger partial charge in [-0.3, -0.25) is 4.79 Å². The molecule has 0 saturated heterocycles. The molecule has 0 radical (unpaired) electrons. The minimum atomic E-state index is -0.778. The van der Waals surface area contributed by atoms with Gasteiger partial charge in [0.1, 0.15) is 4.34 Å². The van der Waals surface area contributed by atoms with Gasteiger partial charge >= 0.3 is 5.97 Å². The van der Waals surface area contributed by atoms with Gasteiger partial charge < -0.3 is 10.2 Å². The molecule has 1 fully saturated rings. The van der Waals surface area contributed by atoms with Crippen molar-refractivity contribution in [2.24, 2.45) is 5.41 Å². The number of aliphatic carboxylic acids is 1. The Bertz CT molecular complexity index is 449. The van der Waals surface area contributed by atoms with Gasteiger partial charge in [-0.15, -0.1) is 11.3 Å². The number of hydrogen-bond acceptors (Lipinski definition) is 3. The van der Waals surface area contributed by atoms with Gasteiger partial charge in [0.05, 0.1) is 12.5 Å². The van der Waals surface area contributed by atoms with E-state index in [0.29, 0.717) is 10.8 Å². The molecule has 1 atom stereocenters. The lowest BCUT2D eigenvalue weighted by Crippen LogP contribution is -2.23. The summed E-state index contributed by atoms with van der Waals surface area (Å²) in [4.78, 5) is 11.8. The van der Waals surface area contributed by atoms with Crippen LogP contribution in [0.5, 0.6) is 0 Å². The van der Waals surface area contributed by atoms with E-state index in [-0.39, 0.29) is 11.8 Å². The largest absolute Gasteiger partial charge is 0.481 e. The van der Waals surface area contributed by atoms with Crippen molar-refractivity contribution in [1.29, 1.82) is 0 Å². The second-order valence-corrected chi connectivity index (χ2v) is 7.81. The molecule has 1 aliphatic carbocycles.